The van der Waals surface area contributed by atoms with E-state index in [0.29, 0.717) is 16.5 Å². The van der Waals surface area contributed by atoms with E-state index in [0.717, 1.165) is 0 Å². The second-order valence-corrected chi connectivity index (χ2v) is 4.07. The van der Waals surface area contributed by atoms with Gasteiger partial charge in [-0.15, -0.1) is 0 Å². The van der Waals surface area contributed by atoms with E-state index in [1.165, 1.54) is 12.0 Å². The van der Waals surface area contributed by atoms with Crippen molar-refractivity contribution in [3.8, 4) is 5.75 Å². The van der Waals surface area contributed by atoms with E-state index in [2.05, 4.69) is 5.32 Å². The highest BCUT2D eigenvalue weighted by molar-refractivity contribution is 6.32. The number of benzene rings is 1. The minimum absolute atomic E-state index is 0.318. The zero-order valence-corrected chi connectivity index (χ0v) is 10.1. The number of anilines is 1. The summed E-state index contributed by atoms with van der Waals surface area (Å²) in [4.78, 5) is 24.3. The number of hydrogen-bond donors (Lipinski definition) is 1. The topological polar surface area (TPSA) is 58.6 Å². The van der Waals surface area contributed by atoms with Crippen LogP contribution in [0, 0.1) is 0 Å². The van der Waals surface area contributed by atoms with E-state index in [4.69, 9.17) is 16.3 Å². The number of ether oxygens (including phenoxy) is 1. The van der Waals surface area contributed by atoms with Gasteiger partial charge in [0, 0.05) is 5.69 Å². The van der Waals surface area contributed by atoms with Crippen molar-refractivity contribution >= 4 is 29.2 Å². The van der Waals surface area contributed by atoms with E-state index < -0.39 is 12.1 Å². The first-order chi connectivity index (χ1) is 8.04. The van der Waals surface area contributed by atoms with Crippen molar-refractivity contribution in [2.24, 2.45) is 0 Å². The predicted molar refractivity (Wildman–Crippen MR) is 63.5 cm³/mol. The molecule has 1 aliphatic heterocycles. The Labute approximate surface area is 103 Å². The third-order valence-electron chi connectivity index (χ3n) is 2.63. The third-order valence-corrected chi connectivity index (χ3v) is 2.92. The van der Waals surface area contributed by atoms with Crippen LogP contribution in [0.2, 0.25) is 5.02 Å². The molecule has 0 radical (unpaired) electrons. The quantitative estimate of drug-likeness (QED) is 0.819. The smallest absolute Gasteiger partial charge is 0.329 e. The van der Waals surface area contributed by atoms with E-state index in [1.54, 1.807) is 25.1 Å². The first-order valence-electron chi connectivity index (χ1n) is 5.02. The fourth-order valence-electron chi connectivity index (χ4n) is 1.71. The molecule has 1 aliphatic rings. The van der Waals surface area contributed by atoms with Crippen molar-refractivity contribution in [1.82, 2.24) is 5.32 Å². The highest BCUT2D eigenvalue weighted by Gasteiger charge is 2.36. The molecule has 1 aromatic rings. The van der Waals surface area contributed by atoms with Crippen LogP contribution in [0.5, 0.6) is 5.75 Å². The molecule has 1 fully saturated rings. The minimum atomic E-state index is -0.535. The zero-order chi connectivity index (χ0) is 12.6. The van der Waals surface area contributed by atoms with E-state index in [1.807, 2.05) is 0 Å². The molecule has 0 saturated carbocycles. The molecule has 0 bridgehead atoms. The lowest BCUT2D eigenvalue weighted by atomic mass is 10.2. The van der Waals surface area contributed by atoms with Gasteiger partial charge in [-0.1, -0.05) is 11.6 Å². The Morgan fingerprint density at radius 3 is 2.59 bits per heavy atom. The normalized spacial score (nSPS) is 19.5. The monoisotopic (exact) mass is 254 g/mol. The molecule has 0 aromatic heterocycles. The second kappa shape index (κ2) is 4.25. The van der Waals surface area contributed by atoms with Crippen molar-refractivity contribution < 1.29 is 14.3 Å². The number of halogens is 1. The fraction of sp³-hybridized carbons (Fsp3) is 0.273. The number of nitrogens with one attached hydrogen (secondary N) is 1. The Morgan fingerprint density at radius 2 is 2.12 bits per heavy atom. The zero-order valence-electron chi connectivity index (χ0n) is 9.36. The average Bonchev–Trinajstić information content (AvgIpc) is 2.53. The summed E-state index contributed by atoms with van der Waals surface area (Å²) in [6, 6.07) is 3.95. The van der Waals surface area contributed by atoms with Gasteiger partial charge in [0.1, 0.15) is 11.8 Å². The van der Waals surface area contributed by atoms with Crippen LogP contribution in [0.25, 0.3) is 0 Å². The van der Waals surface area contributed by atoms with Crippen LogP contribution in [0.1, 0.15) is 6.92 Å². The van der Waals surface area contributed by atoms with Crippen molar-refractivity contribution in [1.29, 1.82) is 0 Å². The van der Waals surface area contributed by atoms with Gasteiger partial charge in [0.15, 0.2) is 0 Å². The maximum Gasteiger partial charge on any atom is 0.329 e. The lowest BCUT2D eigenvalue weighted by Gasteiger charge is -2.19. The van der Waals surface area contributed by atoms with Crippen LogP contribution in [0.15, 0.2) is 18.2 Å². The molecule has 17 heavy (non-hydrogen) atoms. The number of nitrogens with zero attached hydrogens (tertiary/aromatic N) is 1. The van der Waals surface area contributed by atoms with Crippen LogP contribution in [-0.4, -0.2) is 25.1 Å². The molecule has 90 valence electrons. The highest BCUT2D eigenvalue weighted by Crippen LogP contribution is 2.30. The van der Waals surface area contributed by atoms with Crippen LogP contribution >= 0.6 is 11.6 Å². The van der Waals surface area contributed by atoms with Crippen LogP contribution in [-0.2, 0) is 4.79 Å². The minimum Gasteiger partial charge on any atom is -0.495 e. The number of methoxy groups -OCH3 is 1. The largest absolute Gasteiger partial charge is 0.495 e. The summed E-state index contributed by atoms with van der Waals surface area (Å²) in [7, 11) is 1.51. The summed E-state index contributed by atoms with van der Waals surface area (Å²) in [6.45, 7) is 1.65. The SMILES string of the molecule is COc1ccc(N2C(=O)NC(=O)C2C)cc1Cl. The second-order valence-electron chi connectivity index (χ2n) is 3.66. The molecule has 5 nitrogen and oxygen atoms in total. The standard InChI is InChI=1S/C11H11ClN2O3/c1-6-10(15)13-11(16)14(6)7-3-4-9(17-2)8(12)5-7/h3-6H,1-2H3,(H,13,15,16). The predicted octanol–water partition coefficient (Wildman–Crippen LogP) is 1.79. The maximum absolute atomic E-state index is 11.6. The fourth-order valence-corrected chi connectivity index (χ4v) is 1.96. The van der Waals surface area contributed by atoms with Gasteiger partial charge >= 0.3 is 6.03 Å². The van der Waals surface area contributed by atoms with E-state index in [-0.39, 0.29) is 5.91 Å². The molecule has 0 spiro atoms. The molecule has 1 atom stereocenters. The molecule has 2 rings (SSSR count). The molecule has 6 heteroatoms. The number of rotatable bonds is 2. The van der Waals surface area contributed by atoms with Gasteiger partial charge in [-0.25, -0.2) is 4.79 Å². The van der Waals surface area contributed by atoms with Gasteiger partial charge < -0.3 is 4.74 Å². The van der Waals surface area contributed by atoms with Crippen molar-refractivity contribution in [2.75, 3.05) is 12.0 Å². The van der Waals surface area contributed by atoms with Gasteiger partial charge in [-0.3, -0.25) is 15.0 Å². The molecule has 1 saturated heterocycles. The number of urea groups is 1. The van der Waals surface area contributed by atoms with E-state index >= 15 is 0 Å². The molecular weight excluding hydrogens is 244 g/mol. The average molecular weight is 255 g/mol. The van der Waals surface area contributed by atoms with E-state index in [9.17, 15) is 9.59 Å². The summed E-state index contributed by atoms with van der Waals surface area (Å²) < 4.78 is 5.02. The molecule has 1 aromatic carbocycles. The van der Waals surface area contributed by atoms with Crippen LogP contribution in [0.4, 0.5) is 10.5 Å². The number of hydrogen-bond acceptors (Lipinski definition) is 3. The third kappa shape index (κ3) is 1.93. The lowest BCUT2D eigenvalue weighted by molar-refractivity contribution is -0.119. The van der Waals surface area contributed by atoms with Gasteiger partial charge in [-0.2, -0.15) is 0 Å². The molecule has 1 N–H and O–H groups in total. The number of carbonyl (C=O) groups is 2. The number of imide groups is 1. The summed E-state index contributed by atoms with van der Waals surface area (Å²) in [5.41, 5.74) is 0.562. The van der Waals surface area contributed by atoms with Gasteiger partial charge in [-0.05, 0) is 25.1 Å². The Kier molecular flexibility index (Phi) is 2.93. The number of carbonyl (C=O) groups excluding carboxylic acids is 2. The first kappa shape index (κ1) is 11.7. The Hall–Kier alpha value is -1.75. The highest BCUT2D eigenvalue weighted by atomic mass is 35.5. The Morgan fingerprint density at radius 1 is 1.41 bits per heavy atom. The first-order valence-corrected chi connectivity index (χ1v) is 5.40. The van der Waals surface area contributed by atoms with Crippen molar-refractivity contribution in [3.05, 3.63) is 23.2 Å². The molecule has 0 aliphatic carbocycles. The molecular formula is C11H11ClN2O3. The Balaban J connectivity index is 2.38. The molecule has 1 heterocycles. The van der Waals surface area contributed by atoms with Crippen LogP contribution < -0.4 is 15.0 Å². The molecule has 3 amide bonds. The summed E-state index contributed by atoms with van der Waals surface area (Å²) >= 11 is 5.97. The lowest BCUT2D eigenvalue weighted by Crippen LogP contribution is -2.32. The maximum atomic E-state index is 11.6. The van der Waals surface area contributed by atoms with Crippen molar-refractivity contribution in [2.45, 2.75) is 13.0 Å². The molecule has 1 unspecified atom stereocenters. The Bertz CT molecular complexity index is 490. The summed E-state index contributed by atoms with van der Waals surface area (Å²) in [5.74, 6) is 0.205. The van der Waals surface area contributed by atoms with Crippen molar-refractivity contribution in [3.63, 3.8) is 0 Å². The summed E-state index contributed by atoms with van der Waals surface area (Å²) in [5, 5.41) is 2.63. The number of amides is 3. The van der Waals surface area contributed by atoms with Gasteiger partial charge in [0.05, 0.1) is 12.1 Å². The van der Waals surface area contributed by atoms with Crippen LogP contribution in [0.3, 0.4) is 0 Å². The summed E-state index contributed by atoms with van der Waals surface area (Å²) in [6.07, 6.45) is 0. The van der Waals surface area contributed by atoms with Gasteiger partial charge in [0.25, 0.3) is 5.91 Å². The van der Waals surface area contributed by atoms with Gasteiger partial charge in [0.2, 0.25) is 0 Å².